The maximum Gasteiger partial charge on any atom is 0.186 e. The molecule has 0 saturated heterocycles. The van der Waals surface area contributed by atoms with Gasteiger partial charge in [0.2, 0.25) is 0 Å². The lowest BCUT2D eigenvalue weighted by atomic mass is 10.1. The van der Waals surface area contributed by atoms with Crippen LogP contribution in [0.2, 0.25) is 0 Å². The van der Waals surface area contributed by atoms with E-state index in [0.717, 1.165) is 6.42 Å². The first-order chi connectivity index (χ1) is 7.15. The number of anilines is 1. The van der Waals surface area contributed by atoms with Crippen molar-refractivity contribution in [3.8, 4) is 0 Å². The summed E-state index contributed by atoms with van der Waals surface area (Å²) in [6, 6.07) is 0. The number of halogens is 2. The third-order valence-electron chi connectivity index (χ3n) is 2.18. The number of aromatic nitrogens is 2. The molecular weight excluding hydrogens is 217 g/mol. The molecule has 1 atom stereocenters. The molecule has 0 fully saturated rings. The Morgan fingerprint density at radius 3 is 2.93 bits per heavy atom. The number of rotatable bonds is 5. The van der Waals surface area contributed by atoms with E-state index in [1.165, 1.54) is 6.33 Å². The summed E-state index contributed by atoms with van der Waals surface area (Å²) in [4.78, 5) is 7.60. The molecule has 84 valence electrons. The first-order valence-electron chi connectivity index (χ1n) is 4.92. The molecule has 0 aromatic carbocycles. The van der Waals surface area contributed by atoms with Crippen LogP contribution in [-0.2, 0) is 0 Å². The van der Waals surface area contributed by atoms with Gasteiger partial charge in [0.25, 0.3) is 0 Å². The Balaban J connectivity index is 2.54. The van der Waals surface area contributed by atoms with Crippen LogP contribution in [0.25, 0.3) is 0 Å². The lowest BCUT2D eigenvalue weighted by Gasteiger charge is -2.12. The largest absolute Gasteiger partial charge is 0.367 e. The molecule has 0 aliphatic heterocycles. The van der Waals surface area contributed by atoms with E-state index in [9.17, 15) is 4.39 Å². The third kappa shape index (κ3) is 3.63. The van der Waals surface area contributed by atoms with Crippen molar-refractivity contribution in [3.63, 3.8) is 0 Å². The summed E-state index contributed by atoms with van der Waals surface area (Å²) >= 11 is 5.61. The van der Waals surface area contributed by atoms with Gasteiger partial charge in [-0.05, 0) is 19.3 Å². The number of alkyl halides is 1. The van der Waals surface area contributed by atoms with Gasteiger partial charge >= 0.3 is 0 Å². The highest BCUT2D eigenvalue weighted by atomic mass is 35.5. The van der Waals surface area contributed by atoms with Crippen molar-refractivity contribution in [1.29, 1.82) is 0 Å². The van der Waals surface area contributed by atoms with Gasteiger partial charge in [0.1, 0.15) is 6.33 Å². The van der Waals surface area contributed by atoms with E-state index in [1.807, 2.05) is 0 Å². The fraction of sp³-hybridized carbons (Fsp3) is 0.600. The van der Waals surface area contributed by atoms with Crippen LogP contribution in [0.4, 0.5) is 10.2 Å². The summed E-state index contributed by atoms with van der Waals surface area (Å²) in [5.74, 6) is 0.908. The zero-order valence-electron chi connectivity index (χ0n) is 8.93. The second-order valence-electron chi connectivity index (χ2n) is 3.59. The summed E-state index contributed by atoms with van der Waals surface area (Å²) in [5, 5.41) is 2.95. The lowest BCUT2D eigenvalue weighted by Crippen LogP contribution is -2.14. The molecule has 0 aliphatic rings. The van der Waals surface area contributed by atoms with Crippen LogP contribution in [0.5, 0.6) is 0 Å². The van der Waals surface area contributed by atoms with E-state index in [1.54, 1.807) is 6.92 Å². The number of aryl methyl sites for hydroxylation is 1. The van der Waals surface area contributed by atoms with Crippen LogP contribution in [0.1, 0.15) is 19.0 Å². The smallest absolute Gasteiger partial charge is 0.186 e. The zero-order chi connectivity index (χ0) is 11.3. The Bertz CT molecular complexity index is 320. The molecule has 1 N–H and O–H groups in total. The van der Waals surface area contributed by atoms with Crippen LogP contribution in [0.3, 0.4) is 0 Å². The molecule has 1 heterocycles. The van der Waals surface area contributed by atoms with Crippen molar-refractivity contribution in [2.75, 3.05) is 17.7 Å². The van der Waals surface area contributed by atoms with E-state index >= 15 is 0 Å². The van der Waals surface area contributed by atoms with E-state index in [-0.39, 0.29) is 11.6 Å². The highest BCUT2D eigenvalue weighted by Crippen LogP contribution is 2.13. The fourth-order valence-electron chi connectivity index (χ4n) is 1.14. The minimum Gasteiger partial charge on any atom is -0.367 e. The SMILES string of the molecule is Cc1ncnc(NCC(C)CCCl)c1F. The predicted molar refractivity (Wildman–Crippen MR) is 59.7 cm³/mol. The second kappa shape index (κ2) is 5.85. The fourth-order valence-corrected chi connectivity index (χ4v) is 1.51. The van der Waals surface area contributed by atoms with Gasteiger partial charge in [-0.15, -0.1) is 11.6 Å². The van der Waals surface area contributed by atoms with Gasteiger partial charge in [-0.25, -0.2) is 14.4 Å². The first-order valence-corrected chi connectivity index (χ1v) is 5.45. The minimum absolute atomic E-state index is 0.268. The van der Waals surface area contributed by atoms with Crippen LogP contribution in [0.15, 0.2) is 6.33 Å². The molecule has 0 saturated carbocycles. The van der Waals surface area contributed by atoms with Crippen molar-refractivity contribution in [3.05, 3.63) is 17.8 Å². The lowest BCUT2D eigenvalue weighted by molar-refractivity contribution is 0.578. The van der Waals surface area contributed by atoms with E-state index in [2.05, 4.69) is 22.2 Å². The molecule has 1 unspecified atom stereocenters. The van der Waals surface area contributed by atoms with Gasteiger partial charge < -0.3 is 5.32 Å². The van der Waals surface area contributed by atoms with Crippen LogP contribution < -0.4 is 5.32 Å². The summed E-state index contributed by atoms with van der Waals surface area (Å²) in [6.45, 7) is 4.34. The van der Waals surface area contributed by atoms with Gasteiger partial charge in [-0.2, -0.15) is 0 Å². The molecule has 0 bridgehead atoms. The Hall–Kier alpha value is -0.900. The maximum atomic E-state index is 13.4. The van der Waals surface area contributed by atoms with Crippen molar-refractivity contribution in [2.45, 2.75) is 20.3 Å². The molecule has 0 radical (unpaired) electrons. The number of nitrogens with zero attached hydrogens (tertiary/aromatic N) is 2. The van der Waals surface area contributed by atoms with Gasteiger partial charge in [-0.1, -0.05) is 6.92 Å². The number of nitrogens with one attached hydrogen (secondary N) is 1. The molecule has 3 nitrogen and oxygen atoms in total. The highest BCUT2D eigenvalue weighted by molar-refractivity contribution is 6.17. The topological polar surface area (TPSA) is 37.8 Å². The van der Waals surface area contributed by atoms with Crippen molar-refractivity contribution in [1.82, 2.24) is 9.97 Å². The molecule has 0 amide bonds. The summed E-state index contributed by atoms with van der Waals surface area (Å²) < 4.78 is 13.4. The zero-order valence-corrected chi connectivity index (χ0v) is 9.68. The Morgan fingerprint density at radius 2 is 2.27 bits per heavy atom. The summed E-state index contributed by atoms with van der Waals surface area (Å²) in [7, 11) is 0. The molecule has 5 heteroatoms. The Kier molecular flexibility index (Phi) is 4.75. The van der Waals surface area contributed by atoms with Gasteiger partial charge in [-0.3, -0.25) is 0 Å². The minimum atomic E-state index is -0.379. The summed E-state index contributed by atoms with van der Waals surface area (Å²) in [5.41, 5.74) is 0.359. The predicted octanol–water partition coefficient (Wildman–Crippen LogP) is 2.60. The van der Waals surface area contributed by atoms with Gasteiger partial charge in [0.05, 0.1) is 5.69 Å². The second-order valence-corrected chi connectivity index (χ2v) is 3.96. The average Bonchev–Trinajstić information content (AvgIpc) is 2.21. The molecule has 1 aromatic rings. The van der Waals surface area contributed by atoms with Crippen LogP contribution in [0, 0.1) is 18.7 Å². The van der Waals surface area contributed by atoms with Crippen molar-refractivity contribution >= 4 is 17.4 Å². The van der Waals surface area contributed by atoms with Crippen LogP contribution >= 0.6 is 11.6 Å². The van der Waals surface area contributed by atoms with Gasteiger partial charge in [0, 0.05) is 12.4 Å². The average molecular weight is 232 g/mol. The molecule has 15 heavy (non-hydrogen) atoms. The number of hydrogen-bond donors (Lipinski definition) is 1. The molecule has 0 spiro atoms. The van der Waals surface area contributed by atoms with Gasteiger partial charge in [0.15, 0.2) is 11.6 Å². The monoisotopic (exact) mass is 231 g/mol. The first kappa shape index (κ1) is 12.2. The Labute approximate surface area is 94.1 Å². The standard InChI is InChI=1S/C10H15ClFN3/c1-7(3-4-11)5-13-10-9(12)8(2)14-6-15-10/h6-7H,3-5H2,1-2H3,(H,13,14,15). The molecule has 0 aliphatic carbocycles. The van der Waals surface area contributed by atoms with Crippen LogP contribution in [-0.4, -0.2) is 22.4 Å². The summed E-state index contributed by atoms with van der Waals surface area (Å²) in [6.07, 6.45) is 2.26. The van der Waals surface area contributed by atoms with E-state index in [0.29, 0.717) is 24.0 Å². The maximum absolute atomic E-state index is 13.4. The third-order valence-corrected chi connectivity index (χ3v) is 2.40. The van der Waals surface area contributed by atoms with Crippen molar-refractivity contribution in [2.24, 2.45) is 5.92 Å². The highest BCUT2D eigenvalue weighted by Gasteiger charge is 2.08. The van der Waals surface area contributed by atoms with Crippen molar-refractivity contribution < 1.29 is 4.39 Å². The van der Waals surface area contributed by atoms with E-state index in [4.69, 9.17) is 11.6 Å². The quantitative estimate of drug-likeness (QED) is 0.792. The normalized spacial score (nSPS) is 12.5. The number of hydrogen-bond acceptors (Lipinski definition) is 3. The molecule has 1 rings (SSSR count). The molecule has 1 aromatic heterocycles. The molecular formula is C10H15ClFN3. The van der Waals surface area contributed by atoms with E-state index < -0.39 is 0 Å². The Morgan fingerprint density at radius 1 is 1.53 bits per heavy atom.